The molecule has 46 heavy (non-hydrogen) atoms. The topological polar surface area (TPSA) is 131 Å². The number of fused-ring (bicyclic) bond motifs is 1. The first kappa shape index (κ1) is 32.4. The summed E-state index contributed by atoms with van der Waals surface area (Å²) >= 11 is 6.67. The lowest BCUT2D eigenvalue weighted by atomic mass is 9.96. The van der Waals surface area contributed by atoms with Crippen LogP contribution in [0.4, 0.5) is 0 Å². The number of ether oxygens (including phenoxy) is 4. The van der Waals surface area contributed by atoms with Gasteiger partial charge in [0.2, 0.25) is 0 Å². The fourth-order valence-electron chi connectivity index (χ4n) is 5.01. The maximum absolute atomic E-state index is 11.5. The number of aliphatic hydroxyl groups is 1. The Hall–Kier alpha value is -5.04. The zero-order valence-corrected chi connectivity index (χ0v) is 26.2. The maximum atomic E-state index is 11.5. The van der Waals surface area contributed by atoms with Gasteiger partial charge in [-0.25, -0.2) is 0 Å². The Kier molecular flexibility index (Phi) is 10.4. The number of aliphatic hydroxyl groups excluding tert-OH is 1. The number of carboxylic acids is 1. The number of nitrogens with zero attached hydrogens (tertiary/aromatic N) is 2. The number of hydrogen-bond donors (Lipinski definition) is 2. The van der Waals surface area contributed by atoms with Crippen LogP contribution in [0.15, 0.2) is 77.8 Å². The highest BCUT2D eigenvalue weighted by molar-refractivity contribution is 6.32. The summed E-state index contributed by atoms with van der Waals surface area (Å²) in [6.07, 6.45) is 0.100. The van der Waals surface area contributed by atoms with Gasteiger partial charge in [-0.15, -0.1) is 0 Å². The molecule has 0 saturated carbocycles. The van der Waals surface area contributed by atoms with Crippen molar-refractivity contribution in [1.82, 2.24) is 0 Å². The molecule has 5 rings (SSSR count). The van der Waals surface area contributed by atoms with Gasteiger partial charge in [-0.3, -0.25) is 9.79 Å². The largest absolute Gasteiger partial charge is 0.488 e. The van der Waals surface area contributed by atoms with E-state index in [1.807, 2.05) is 49.4 Å². The van der Waals surface area contributed by atoms with Crippen LogP contribution in [0.3, 0.4) is 0 Å². The monoisotopic (exact) mass is 640 g/mol. The molecule has 0 aliphatic carbocycles. The molecule has 0 amide bonds. The molecule has 4 aromatic carbocycles. The van der Waals surface area contributed by atoms with Crippen LogP contribution >= 0.6 is 11.6 Å². The molecule has 4 aromatic rings. The molecule has 2 atom stereocenters. The Morgan fingerprint density at radius 2 is 1.76 bits per heavy atom. The van der Waals surface area contributed by atoms with Crippen molar-refractivity contribution in [2.75, 3.05) is 13.2 Å². The molecule has 1 aliphatic heterocycles. The Bertz CT molecular complexity index is 1800. The van der Waals surface area contributed by atoms with Gasteiger partial charge in [0.1, 0.15) is 43.8 Å². The predicted molar refractivity (Wildman–Crippen MR) is 174 cm³/mol. The number of rotatable bonds is 12. The van der Waals surface area contributed by atoms with Crippen molar-refractivity contribution in [1.29, 1.82) is 5.26 Å². The molecule has 1 heterocycles. The lowest BCUT2D eigenvalue weighted by Crippen LogP contribution is -2.26. The van der Waals surface area contributed by atoms with E-state index in [1.165, 1.54) is 13.1 Å². The van der Waals surface area contributed by atoms with Gasteiger partial charge in [0, 0.05) is 17.8 Å². The number of halogens is 1. The van der Waals surface area contributed by atoms with Crippen molar-refractivity contribution in [3.63, 3.8) is 0 Å². The van der Waals surface area contributed by atoms with Crippen molar-refractivity contribution >= 4 is 23.8 Å². The fraction of sp³-hybridized carbons (Fsp3) is 0.250. The van der Waals surface area contributed by atoms with E-state index in [0.717, 1.165) is 39.3 Å². The highest BCUT2D eigenvalue weighted by Crippen LogP contribution is 2.37. The van der Waals surface area contributed by atoms with Crippen molar-refractivity contribution in [2.24, 2.45) is 10.9 Å². The zero-order chi connectivity index (χ0) is 32.6. The molecule has 0 radical (unpaired) electrons. The highest BCUT2D eigenvalue weighted by atomic mass is 35.5. The van der Waals surface area contributed by atoms with Gasteiger partial charge < -0.3 is 29.2 Å². The van der Waals surface area contributed by atoms with Gasteiger partial charge in [0.25, 0.3) is 0 Å². The predicted octanol–water partition coefficient (Wildman–Crippen LogP) is 6.77. The fourth-order valence-corrected chi connectivity index (χ4v) is 5.26. The summed E-state index contributed by atoms with van der Waals surface area (Å²) in [5.74, 6) is -0.0510. The van der Waals surface area contributed by atoms with Crippen LogP contribution in [0.25, 0.3) is 11.1 Å². The number of aliphatic carboxylic acids is 1. The van der Waals surface area contributed by atoms with Gasteiger partial charge in [0.15, 0.2) is 11.5 Å². The normalized spacial score (nSPS) is 13.5. The average molecular weight is 641 g/mol. The second-order valence-corrected chi connectivity index (χ2v) is 11.2. The van der Waals surface area contributed by atoms with E-state index < -0.39 is 18.0 Å². The minimum Gasteiger partial charge on any atom is -0.488 e. The van der Waals surface area contributed by atoms with Crippen LogP contribution in [-0.2, 0) is 24.6 Å². The summed E-state index contributed by atoms with van der Waals surface area (Å²) in [6, 6.07) is 24.5. The molecule has 0 bridgehead atoms. The quantitative estimate of drug-likeness (QED) is 0.162. The first-order valence-electron chi connectivity index (χ1n) is 14.7. The summed E-state index contributed by atoms with van der Waals surface area (Å²) in [6.45, 7) is 4.93. The number of carbonyl (C=O) groups is 1. The van der Waals surface area contributed by atoms with E-state index in [0.29, 0.717) is 40.9 Å². The highest BCUT2D eigenvalue weighted by Gasteiger charge is 2.21. The summed E-state index contributed by atoms with van der Waals surface area (Å²) < 4.78 is 23.8. The van der Waals surface area contributed by atoms with Crippen molar-refractivity contribution in [3.05, 3.63) is 106 Å². The van der Waals surface area contributed by atoms with Gasteiger partial charge in [0.05, 0.1) is 29.3 Å². The van der Waals surface area contributed by atoms with Gasteiger partial charge >= 0.3 is 5.97 Å². The number of nitriles is 1. The molecule has 10 heteroatoms. The number of carboxylic acid groups (broad SMARTS) is 1. The van der Waals surface area contributed by atoms with Gasteiger partial charge in [-0.1, -0.05) is 48.0 Å². The van der Waals surface area contributed by atoms with Crippen LogP contribution in [0, 0.1) is 24.2 Å². The summed E-state index contributed by atoms with van der Waals surface area (Å²) in [7, 11) is 0. The van der Waals surface area contributed by atoms with E-state index in [-0.39, 0.29) is 19.8 Å². The maximum Gasteiger partial charge on any atom is 0.314 e. The lowest BCUT2D eigenvalue weighted by Gasteiger charge is -2.20. The third-order valence-electron chi connectivity index (χ3n) is 7.58. The molecule has 2 unspecified atom stereocenters. The molecule has 9 nitrogen and oxygen atoms in total. The van der Waals surface area contributed by atoms with E-state index in [9.17, 15) is 20.3 Å². The summed E-state index contributed by atoms with van der Waals surface area (Å²) in [4.78, 5) is 15.7. The van der Waals surface area contributed by atoms with Crippen molar-refractivity contribution in [2.45, 2.75) is 39.7 Å². The van der Waals surface area contributed by atoms with Crippen molar-refractivity contribution < 1.29 is 34.0 Å². The molecule has 0 spiro atoms. The Balaban J connectivity index is 1.38. The number of aliphatic imine (C=N–C) groups is 1. The molecule has 0 saturated heterocycles. The van der Waals surface area contributed by atoms with E-state index >= 15 is 0 Å². The Morgan fingerprint density at radius 3 is 2.52 bits per heavy atom. The standard InChI is InChI=1S/C36H33ClN2O7/c1-22-27(7-4-8-29(22)26-9-10-32-35(15-26)44-12-11-43-32)21-46-34-16-33(45-20-25-6-3-5-24(13-25)17-38)28(14-31(34)37)18-39-19-30(23(2)40)36(41)42/h3-10,13-16,19,23,30,40H,11-12,18,20-21H2,1-2H3,(H,41,42). The molecular weight excluding hydrogens is 608 g/mol. The minimum absolute atomic E-state index is 0.0563. The second-order valence-electron chi connectivity index (χ2n) is 10.8. The van der Waals surface area contributed by atoms with Crippen LogP contribution < -0.4 is 18.9 Å². The zero-order valence-electron chi connectivity index (χ0n) is 25.4. The molecule has 0 aromatic heterocycles. The van der Waals surface area contributed by atoms with Gasteiger partial charge in [-0.05, 0) is 72.0 Å². The third-order valence-corrected chi connectivity index (χ3v) is 7.88. The summed E-state index contributed by atoms with van der Waals surface area (Å²) in [5, 5.41) is 28.8. The molecular formula is C36H33ClN2O7. The number of hydrogen-bond acceptors (Lipinski definition) is 8. The van der Waals surface area contributed by atoms with Gasteiger partial charge in [-0.2, -0.15) is 5.26 Å². The first-order valence-corrected chi connectivity index (χ1v) is 15.1. The molecule has 1 aliphatic rings. The Morgan fingerprint density at radius 1 is 1.00 bits per heavy atom. The number of benzene rings is 4. The Labute approximate surface area is 272 Å². The average Bonchev–Trinajstić information content (AvgIpc) is 3.05. The minimum atomic E-state index is -1.18. The second kappa shape index (κ2) is 14.8. The molecule has 2 N–H and O–H groups in total. The van der Waals surface area contributed by atoms with E-state index in [2.05, 4.69) is 11.1 Å². The smallest absolute Gasteiger partial charge is 0.314 e. The van der Waals surface area contributed by atoms with E-state index in [4.69, 9.17) is 30.5 Å². The molecule has 236 valence electrons. The third kappa shape index (κ3) is 7.78. The molecule has 0 fully saturated rings. The van der Waals surface area contributed by atoms with Crippen molar-refractivity contribution in [3.8, 4) is 40.2 Å². The lowest BCUT2D eigenvalue weighted by molar-refractivity contribution is -0.141. The first-order chi connectivity index (χ1) is 22.2. The van der Waals surface area contributed by atoms with Crippen LogP contribution in [0.1, 0.15) is 34.7 Å². The SMILES string of the molecule is Cc1c(COc2cc(OCc3cccc(C#N)c3)c(CN=CC(C(=O)O)C(C)O)cc2Cl)cccc1-c1ccc2c(c1)OCCO2. The van der Waals surface area contributed by atoms with Crippen LogP contribution in [0.5, 0.6) is 23.0 Å². The van der Waals surface area contributed by atoms with Crippen LogP contribution in [0.2, 0.25) is 5.02 Å². The van der Waals surface area contributed by atoms with E-state index in [1.54, 1.807) is 30.3 Å². The van der Waals surface area contributed by atoms with Crippen LogP contribution in [-0.4, -0.2) is 41.7 Å². The summed E-state index contributed by atoms with van der Waals surface area (Å²) in [5.41, 5.74) is 5.94.